The van der Waals surface area contributed by atoms with E-state index in [9.17, 15) is 31.9 Å². The van der Waals surface area contributed by atoms with Gasteiger partial charge in [0.1, 0.15) is 5.82 Å². The van der Waals surface area contributed by atoms with Gasteiger partial charge in [-0.05, 0) is 36.6 Å². The number of benzene rings is 2. The summed E-state index contributed by atoms with van der Waals surface area (Å²) in [5, 5.41) is 7.68. The van der Waals surface area contributed by atoms with E-state index in [2.05, 4.69) is 10.2 Å². The molecule has 0 radical (unpaired) electrons. The van der Waals surface area contributed by atoms with Gasteiger partial charge < -0.3 is 9.80 Å². The van der Waals surface area contributed by atoms with E-state index in [4.69, 9.17) is 0 Å². The molecule has 2 aromatic carbocycles. The number of aromatic nitrogens is 2. The highest BCUT2D eigenvalue weighted by atomic mass is 19.4. The summed E-state index contributed by atoms with van der Waals surface area (Å²) in [5.74, 6) is -3.43. The molecule has 0 spiro atoms. The molecule has 1 aliphatic carbocycles. The number of aromatic amines is 1. The second-order valence-electron chi connectivity index (χ2n) is 9.30. The predicted octanol–water partition coefficient (Wildman–Crippen LogP) is 3.28. The number of carbonyl (C=O) groups excluding carboxylic acids is 2. The van der Waals surface area contributed by atoms with Crippen molar-refractivity contribution in [3.8, 4) is 0 Å². The number of carbonyl (C=O) groups is 2. The number of nitrogens with one attached hydrogen (secondary N) is 1. The van der Waals surface area contributed by atoms with Crippen molar-refractivity contribution in [2.45, 2.75) is 31.5 Å². The summed E-state index contributed by atoms with van der Waals surface area (Å²) in [6.45, 7) is 0.201. The van der Waals surface area contributed by atoms with Gasteiger partial charge in [0.25, 0.3) is 11.5 Å². The van der Waals surface area contributed by atoms with Gasteiger partial charge in [-0.1, -0.05) is 24.3 Å². The van der Waals surface area contributed by atoms with Crippen LogP contribution in [0.15, 0.2) is 47.3 Å². The minimum Gasteiger partial charge on any atom is -0.338 e. The minimum atomic E-state index is -4.93. The van der Waals surface area contributed by atoms with Gasteiger partial charge in [-0.2, -0.15) is 18.3 Å². The van der Waals surface area contributed by atoms with E-state index in [-0.39, 0.29) is 43.1 Å². The Labute approximate surface area is 202 Å². The quantitative estimate of drug-likeness (QED) is 0.525. The van der Waals surface area contributed by atoms with Gasteiger partial charge >= 0.3 is 12.1 Å². The number of fused-ring (bicyclic) bond motifs is 1. The first kappa shape index (κ1) is 24.0. The maximum Gasteiger partial charge on any atom is 0.471 e. The van der Waals surface area contributed by atoms with E-state index in [0.29, 0.717) is 34.9 Å². The molecule has 2 amide bonds. The van der Waals surface area contributed by atoms with Crippen molar-refractivity contribution < 1.29 is 27.2 Å². The molecule has 11 heteroatoms. The average Bonchev–Trinajstić information content (AvgIpc) is 3.65. The van der Waals surface area contributed by atoms with E-state index >= 15 is 0 Å². The molecule has 2 aliphatic rings. The summed E-state index contributed by atoms with van der Waals surface area (Å²) in [6, 6.07) is 10.7. The fourth-order valence-electron chi connectivity index (χ4n) is 4.59. The maximum absolute atomic E-state index is 14.6. The second kappa shape index (κ2) is 9.03. The fraction of sp³-hybridized carbons (Fsp3) is 0.360. The van der Waals surface area contributed by atoms with Crippen LogP contribution in [0, 0.1) is 11.7 Å². The standard InChI is InChI=1S/C25H22F4N4O3/c26-20-8-5-14(10-21-17-3-1-2-4-18(17)22(34)31-30-21)9-19(20)23(35)32-11-15(12-32)13-33(16-6-7-16)24(36)25(27,28)29/h1-5,8-9,15-16H,6-7,10-13H2,(H,31,34). The van der Waals surface area contributed by atoms with Crippen molar-refractivity contribution in [3.05, 3.63) is 75.5 Å². The zero-order valence-electron chi connectivity index (χ0n) is 19.0. The number of likely N-dealkylation sites (tertiary alicyclic amines) is 1. The number of hydrogen-bond acceptors (Lipinski definition) is 4. The molecule has 2 fully saturated rings. The number of halogens is 4. The number of nitrogens with zero attached hydrogens (tertiary/aromatic N) is 3. The largest absolute Gasteiger partial charge is 0.471 e. The van der Waals surface area contributed by atoms with E-state index < -0.39 is 29.8 Å². The van der Waals surface area contributed by atoms with Crippen LogP contribution in [0.2, 0.25) is 0 Å². The molecule has 0 bridgehead atoms. The summed E-state index contributed by atoms with van der Waals surface area (Å²) in [4.78, 5) is 38.9. The molecule has 188 valence electrons. The van der Waals surface area contributed by atoms with Gasteiger partial charge in [-0.25, -0.2) is 9.49 Å². The predicted molar refractivity (Wildman–Crippen MR) is 122 cm³/mol. The zero-order valence-corrected chi connectivity index (χ0v) is 19.0. The first-order valence-electron chi connectivity index (χ1n) is 11.5. The molecular formula is C25H22F4N4O3. The van der Waals surface area contributed by atoms with Crippen molar-refractivity contribution in [1.29, 1.82) is 0 Å². The van der Waals surface area contributed by atoms with Crippen LogP contribution in [-0.2, 0) is 11.2 Å². The van der Waals surface area contributed by atoms with E-state index in [1.165, 1.54) is 23.1 Å². The van der Waals surface area contributed by atoms with Gasteiger partial charge in [0.2, 0.25) is 0 Å². The van der Waals surface area contributed by atoms with Gasteiger partial charge in [-0.15, -0.1) is 0 Å². The maximum atomic E-state index is 14.6. The third-order valence-electron chi connectivity index (χ3n) is 6.60. The summed E-state index contributed by atoms with van der Waals surface area (Å²) in [7, 11) is 0. The van der Waals surface area contributed by atoms with Gasteiger partial charge in [0.05, 0.1) is 16.6 Å². The Hall–Kier alpha value is -3.76. The van der Waals surface area contributed by atoms with Crippen molar-refractivity contribution >= 4 is 22.6 Å². The van der Waals surface area contributed by atoms with E-state index in [0.717, 1.165) is 4.90 Å². The van der Waals surface area contributed by atoms with Crippen LogP contribution < -0.4 is 5.56 Å². The Morgan fingerprint density at radius 1 is 1.08 bits per heavy atom. The normalized spacial score (nSPS) is 16.2. The first-order valence-corrected chi connectivity index (χ1v) is 11.5. The molecule has 5 rings (SSSR count). The van der Waals surface area contributed by atoms with Crippen LogP contribution in [0.1, 0.15) is 34.5 Å². The highest BCUT2D eigenvalue weighted by Gasteiger charge is 2.48. The highest BCUT2D eigenvalue weighted by molar-refractivity contribution is 5.95. The van der Waals surface area contributed by atoms with Crippen LogP contribution in [0.25, 0.3) is 10.8 Å². The summed E-state index contributed by atoms with van der Waals surface area (Å²) in [5.41, 5.74) is 0.699. The lowest BCUT2D eigenvalue weighted by Gasteiger charge is -2.42. The fourth-order valence-corrected chi connectivity index (χ4v) is 4.59. The number of alkyl halides is 3. The molecule has 1 aliphatic heterocycles. The third kappa shape index (κ3) is 4.69. The lowest BCUT2D eigenvalue weighted by molar-refractivity contribution is -0.187. The lowest BCUT2D eigenvalue weighted by atomic mass is 9.96. The molecule has 1 saturated carbocycles. The molecule has 0 unspecified atom stereocenters. The summed E-state index contributed by atoms with van der Waals surface area (Å²) < 4.78 is 53.3. The molecule has 3 aromatic rings. The number of hydrogen-bond donors (Lipinski definition) is 1. The number of amides is 2. The molecule has 2 heterocycles. The van der Waals surface area contributed by atoms with E-state index in [1.807, 2.05) is 0 Å². The van der Waals surface area contributed by atoms with Gasteiger partial charge in [0.15, 0.2) is 0 Å². The average molecular weight is 502 g/mol. The van der Waals surface area contributed by atoms with Crippen molar-refractivity contribution in [1.82, 2.24) is 20.0 Å². The summed E-state index contributed by atoms with van der Waals surface area (Å²) in [6.07, 6.45) is -3.61. The Kier molecular flexibility index (Phi) is 6.01. The monoisotopic (exact) mass is 502 g/mol. The van der Waals surface area contributed by atoms with Crippen LogP contribution in [0.4, 0.5) is 17.6 Å². The zero-order chi connectivity index (χ0) is 25.6. The molecule has 1 N–H and O–H groups in total. The summed E-state index contributed by atoms with van der Waals surface area (Å²) >= 11 is 0. The second-order valence-corrected chi connectivity index (χ2v) is 9.30. The van der Waals surface area contributed by atoms with Crippen LogP contribution in [-0.4, -0.2) is 63.7 Å². The molecule has 1 aromatic heterocycles. The lowest BCUT2D eigenvalue weighted by Crippen LogP contribution is -2.56. The highest BCUT2D eigenvalue weighted by Crippen LogP contribution is 2.33. The first-order chi connectivity index (χ1) is 17.1. The van der Waals surface area contributed by atoms with Crippen LogP contribution in [0.3, 0.4) is 0 Å². The van der Waals surface area contributed by atoms with Crippen molar-refractivity contribution in [3.63, 3.8) is 0 Å². The Balaban J connectivity index is 1.27. The molecule has 1 saturated heterocycles. The third-order valence-corrected chi connectivity index (χ3v) is 6.60. The van der Waals surface area contributed by atoms with E-state index in [1.54, 1.807) is 24.3 Å². The van der Waals surface area contributed by atoms with Crippen molar-refractivity contribution in [2.75, 3.05) is 19.6 Å². The molecular weight excluding hydrogens is 480 g/mol. The van der Waals surface area contributed by atoms with Crippen LogP contribution >= 0.6 is 0 Å². The van der Waals surface area contributed by atoms with Crippen LogP contribution in [0.5, 0.6) is 0 Å². The number of H-pyrrole nitrogens is 1. The SMILES string of the molecule is O=C(c1cc(Cc2n[nH]c(=O)c3ccccc23)ccc1F)N1CC(CN(C(=O)C(F)(F)F)C2CC2)C1. The Bertz CT molecular complexity index is 1390. The van der Waals surface area contributed by atoms with Gasteiger partial charge in [0, 0.05) is 43.4 Å². The minimum absolute atomic E-state index is 0.0831. The molecule has 7 nitrogen and oxygen atoms in total. The Morgan fingerprint density at radius 2 is 1.78 bits per heavy atom. The van der Waals surface area contributed by atoms with Gasteiger partial charge in [-0.3, -0.25) is 14.4 Å². The number of rotatable bonds is 6. The topological polar surface area (TPSA) is 86.4 Å². The molecule has 36 heavy (non-hydrogen) atoms. The Morgan fingerprint density at radius 3 is 2.44 bits per heavy atom. The smallest absolute Gasteiger partial charge is 0.338 e. The van der Waals surface area contributed by atoms with Crippen molar-refractivity contribution in [2.24, 2.45) is 5.92 Å². The molecule has 0 atom stereocenters.